The van der Waals surface area contributed by atoms with Crippen LogP contribution in [0.25, 0.3) is 11.1 Å². The number of anilines is 1. The second-order valence-electron chi connectivity index (χ2n) is 6.23. The summed E-state index contributed by atoms with van der Waals surface area (Å²) in [5.41, 5.74) is 6.38. The van der Waals surface area contributed by atoms with Crippen LogP contribution in [-0.2, 0) is 6.42 Å². The minimum Gasteiger partial charge on any atom is -0.493 e. The Morgan fingerprint density at radius 3 is 2.42 bits per heavy atom. The molecule has 0 aromatic heterocycles. The molecule has 0 saturated carbocycles. The van der Waals surface area contributed by atoms with Crippen molar-refractivity contribution in [2.45, 2.75) is 6.42 Å². The lowest BCUT2D eigenvalue weighted by atomic mass is 10.1. The number of methoxy groups -OCH3 is 2. The van der Waals surface area contributed by atoms with Crippen LogP contribution < -0.4 is 14.8 Å². The maximum atomic E-state index is 12.6. The second kappa shape index (κ2) is 6.56. The lowest BCUT2D eigenvalue weighted by Crippen LogP contribution is -2.12. The van der Waals surface area contributed by atoms with Gasteiger partial charge in [-0.3, -0.25) is 4.79 Å². The van der Waals surface area contributed by atoms with E-state index in [1.165, 1.54) is 22.3 Å². The molecule has 0 unspecified atom stereocenters. The molecule has 0 bridgehead atoms. The summed E-state index contributed by atoms with van der Waals surface area (Å²) in [5, 5.41) is 2.97. The van der Waals surface area contributed by atoms with Gasteiger partial charge < -0.3 is 14.8 Å². The standard InChI is InChI=1S/C22H19NO3/c1-25-20-10-7-15(13-21(20)26-2)22(24)23-17-8-9-19-16(12-17)11-14-5-3-4-6-18(14)19/h3-10,12-13H,11H2,1-2H3,(H,23,24). The van der Waals surface area contributed by atoms with Crippen molar-refractivity contribution in [2.24, 2.45) is 0 Å². The number of nitrogens with one attached hydrogen (secondary N) is 1. The van der Waals surface area contributed by atoms with Crippen molar-refractivity contribution >= 4 is 11.6 Å². The lowest BCUT2D eigenvalue weighted by Gasteiger charge is -2.11. The van der Waals surface area contributed by atoms with Crippen molar-refractivity contribution in [3.63, 3.8) is 0 Å². The SMILES string of the molecule is COc1ccc(C(=O)Nc2ccc3c(c2)Cc2ccccc2-3)cc1OC. The summed E-state index contributed by atoms with van der Waals surface area (Å²) >= 11 is 0. The molecule has 1 aliphatic rings. The van der Waals surface area contributed by atoms with Crippen molar-refractivity contribution in [2.75, 3.05) is 19.5 Å². The molecule has 0 atom stereocenters. The van der Waals surface area contributed by atoms with Crippen LogP contribution in [0.3, 0.4) is 0 Å². The molecule has 0 saturated heterocycles. The van der Waals surface area contributed by atoms with Crippen molar-refractivity contribution in [1.82, 2.24) is 0 Å². The molecule has 0 radical (unpaired) electrons. The quantitative estimate of drug-likeness (QED) is 0.591. The predicted octanol–water partition coefficient (Wildman–Crippen LogP) is 4.53. The number of benzene rings is 3. The van der Waals surface area contributed by atoms with E-state index < -0.39 is 0 Å². The first kappa shape index (κ1) is 16.2. The minimum absolute atomic E-state index is 0.179. The highest BCUT2D eigenvalue weighted by molar-refractivity contribution is 6.05. The van der Waals surface area contributed by atoms with Crippen molar-refractivity contribution in [3.8, 4) is 22.6 Å². The number of carbonyl (C=O) groups is 1. The van der Waals surface area contributed by atoms with Gasteiger partial charge in [-0.15, -0.1) is 0 Å². The van der Waals surface area contributed by atoms with Gasteiger partial charge >= 0.3 is 0 Å². The Morgan fingerprint density at radius 1 is 0.846 bits per heavy atom. The summed E-state index contributed by atoms with van der Waals surface area (Å²) in [6.07, 6.45) is 0.894. The fraction of sp³-hybridized carbons (Fsp3) is 0.136. The zero-order valence-electron chi connectivity index (χ0n) is 14.7. The first-order chi connectivity index (χ1) is 12.7. The molecule has 4 rings (SSSR count). The Morgan fingerprint density at radius 2 is 1.62 bits per heavy atom. The third-order valence-electron chi connectivity index (χ3n) is 4.70. The van der Waals surface area contributed by atoms with Crippen LogP contribution in [-0.4, -0.2) is 20.1 Å². The molecule has 0 fully saturated rings. The number of carbonyl (C=O) groups excluding carboxylic acids is 1. The lowest BCUT2D eigenvalue weighted by molar-refractivity contribution is 0.102. The van der Waals surface area contributed by atoms with Crippen molar-refractivity contribution in [3.05, 3.63) is 77.4 Å². The van der Waals surface area contributed by atoms with Crippen LogP contribution in [0.4, 0.5) is 5.69 Å². The highest BCUT2D eigenvalue weighted by Crippen LogP contribution is 2.37. The number of amides is 1. The molecule has 0 heterocycles. The van der Waals surface area contributed by atoms with Crippen molar-refractivity contribution < 1.29 is 14.3 Å². The molecule has 130 valence electrons. The Hall–Kier alpha value is -3.27. The molecule has 1 aliphatic carbocycles. The monoisotopic (exact) mass is 345 g/mol. The fourth-order valence-electron chi connectivity index (χ4n) is 3.40. The van der Waals surface area contributed by atoms with Crippen LogP contribution in [0.1, 0.15) is 21.5 Å². The molecule has 26 heavy (non-hydrogen) atoms. The molecule has 1 amide bonds. The van der Waals surface area contributed by atoms with Gasteiger partial charge in [-0.25, -0.2) is 0 Å². The van der Waals surface area contributed by atoms with Gasteiger partial charge in [0, 0.05) is 11.3 Å². The average Bonchev–Trinajstić information content (AvgIpc) is 3.05. The van der Waals surface area contributed by atoms with Gasteiger partial charge in [0.15, 0.2) is 11.5 Å². The van der Waals surface area contributed by atoms with Gasteiger partial charge in [0.1, 0.15) is 0 Å². The van der Waals surface area contributed by atoms with Gasteiger partial charge in [0.05, 0.1) is 14.2 Å². The smallest absolute Gasteiger partial charge is 0.255 e. The molecule has 4 heteroatoms. The Labute approximate surface area is 152 Å². The number of hydrogen-bond acceptors (Lipinski definition) is 3. The van der Waals surface area contributed by atoms with E-state index in [4.69, 9.17) is 9.47 Å². The molecular formula is C22H19NO3. The largest absolute Gasteiger partial charge is 0.493 e. The van der Waals surface area contributed by atoms with E-state index in [2.05, 4.69) is 35.6 Å². The number of hydrogen-bond donors (Lipinski definition) is 1. The Bertz CT molecular complexity index is 994. The van der Waals surface area contributed by atoms with Crippen LogP contribution >= 0.6 is 0 Å². The molecule has 0 aliphatic heterocycles. The third kappa shape index (κ3) is 2.80. The van der Waals surface area contributed by atoms with Crippen LogP contribution in [0.15, 0.2) is 60.7 Å². The normalized spacial score (nSPS) is 11.5. The van der Waals surface area contributed by atoms with E-state index >= 15 is 0 Å². The Balaban J connectivity index is 1.57. The van der Waals surface area contributed by atoms with Gasteiger partial charge in [-0.1, -0.05) is 30.3 Å². The van der Waals surface area contributed by atoms with E-state index in [1.54, 1.807) is 32.4 Å². The summed E-state index contributed by atoms with van der Waals surface area (Å²) < 4.78 is 10.5. The number of fused-ring (bicyclic) bond motifs is 3. The molecule has 4 nitrogen and oxygen atoms in total. The molecule has 1 N–H and O–H groups in total. The molecule has 3 aromatic rings. The van der Waals surface area contributed by atoms with Crippen LogP contribution in [0.5, 0.6) is 11.5 Å². The van der Waals surface area contributed by atoms with E-state index in [9.17, 15) is 4.79 Å². The first-order valence-electron chi connectivity index (χ1n) is 8.44. The molecule has 0 spiro atoms. The van der Waals surface area contributed by atoms with E-state index in [-0.39, 0.29) is 5.91 Å². The highest BCUT2D eigenvalue weighted by Gasteiger charge is 2.18. The number of ether oxygens (including phenoxy) is 2. The zero-order valence-corrected chi connectivity index (χ0v) is 14.7. The third-order valence-corrected chi connectivity index (χ3v) is 4.70. The van der Waals surface area contributed by atoms with E-state index in [0.717, 1.165) is 12.1 Å². The maximum absolute atomic E-state index is 12.6. The highest BCUT2D eigenvalue weighted by atomic mass is 16.5. The van der Waals surface area contributed by atoms with Gasteiger partial charge in [0.25, 0.3) is 5.91 Å². The zero-order chi connectivity index (χ0) is 18.1. The van der Waals surface area contributed by atoms with Gasteiger partial charge in [-0.05, 0) is 59.0 Å². The van der Waals surface area contributed by atoms with Crippen LogP contribution in [0, 0.1) is 0 Å². The maximum Gasteiger partial charge on any atom is 0.255 e. The number of rotatable bonds is 4. The van der Waals surface area contributed by atoms with Gasteiger partial charge in [0.2, 0.25) is 0 Å². The molecular weight excluding hydrogens is 326 g/mol. The summed E-state index contributed by atoms with van der Waals surface area (Å²) in [5.74, 6) is 0.949. The summed E-state index contributed by atoms with van der Waals surface area (Å²) in [6.45, 7) is 0. The second-order valence-corrected chi connectivity index (χ2v) is 6.23. The summed E-state index contributed by atoms with van der Waals surface area (Å²) in [4.78, 5) is 12.6. The van der Waals surface area contributed by atoms with E-state index in [1.807, 2.05) is 12.1 Å². The van der Waals surface area contributed by atoms with E-state index in [0.29, 0.717) is 17.1 Å². The topological polar surface area (TPSA) is 47.6 Å². The van der Waals surface area contributed by atoms with Gasteiger partial charge in [-0.2, -0.15) is 0 Å². The van der Waals surface area contributed by atoms with Crippen molar-refractivity contribution in [1.29, 1.82) is 0 Å². The fourth-order valence-corrected chi connectivity index (χ4v) is 3.40. The summed E-state index contributed by atoms with van der Waals surface area (Å²) in [7, 11) is 3.12. The van der Waals surface area contributed by atoms with Crippen LogP contribution in [0.2, 0.25) is 0 Å². The average molecular weight is 345 g/mol. The molecule has 3 aromatic carbocycles. The summed E-state index contributed by atoms with van der Waals surface area (Å²) in [6, 6.07) is 19.6. The predicted molar refractivity (Wildman–Crippen MR) is 102 cm³/mol. The Kier molecular flexibility index (Phi) is 4.09. The first-order valence-corrected chi connectivity index (χ1v) is 8.44. The minimum atomic E-state index is -0.179.